The Bertz CT molecular complexity index is 1360. The van der Waals surface area contributed by atoms with Crippen molar-refractivity contribution in [1.29, 1.82) is 0 Å². The molecule has 0 unspecified atom stereocenters. The summed E-state index contributed by atoms with van der Waals surface area (Å²) in [5, 5.41) is 3.12. The second-order valence-electron chi connectivity index (χ2n) is 9.98. The van der Waals surface area contributed by atoms with Gasteiger partial charge in [0.25, 0.3) is 11.8 Å². The van der Waals surface area contributed by atoms with Gasteiger partial charge in [-0.1, -0.05) is 23.7 Å². The van der Waals surface area contributed by atoms with Gasteiger partial charge in [-0.2, -0.15) is 0 Å². The Morgan fingerprint density at radius 3 is 2.47 bits per heavy atom. The van der Waals surface area contributed by atoms with Crippen LogP contribution in [0.1, 0.15) is 72.7 Å². The number of aromatic nitrogens is 3. The monoisotopic (exact) mass is 539 g/mol. The highest BCUT2D eigenvalue weighted by atomic mass is 35.5. The quantitative estimate of drug-likeness (QED) is 0.411. The normalized spacial score (nSPS) is 15.7. The molecule has 1 fully saturated rings. The Kier molecular flexibility index (Phi) is 7.58. The van der Waals surface area contributed by atoms with E-state index < -0.39 is 23.6 Å². The minimum atomic E-state index is -0.769. The predicted octanol–water partition coefficient (Wildman–Crippen LogP) is 4.13. The minimum Gasteiger partial charge on any atom is -0.444 e. The topological polar surface area (TPSA) is 158 Å². The number of hydrogen-bond donors (Lipinski definition) is 3. The van der Waals surface area contributed by atoms with Crippen LogP contribution < -0.4 is 16.9 Å². The number of amides is 3. The summed E-state index contributed by atoms with van der Waals surface area (Å²) in [5.41, 5.74) is 6.15. The van der Waals surface area contributed by atoms with E-state index in [-0.39, 0.29) is 17.3 Å². The molecular formula is C26H30ClN7O4. The summed E-state index contributed by atoms with van der Waals surface area (Å²) in [6.07, 6.45) is 3.27. The minimum absolute atomic E-state index is 0.00459. The van der Waals surface area contributed by atoms with Gasteiger partial charge in [-0.3, -0.25) is 14.5 Å². The molecule has 1 aliphatic rings. The number of primary amides is 1. The maximum absolute atomic E-state index is 12.9. The van der Waals surface area contributed by atoms with Crippen LogP contribution in [0.15, 0.2) is 42.6 Å². The Hall–Kier alpha value is -4.12. The number of nitrogens with two attached hydrogens (primary N) is 2. The van der Waals surface area contributed by atoms with Crippen molar-refractivity contribution in [3.63, 3.8) is 0 Å². The molecular weight excluding hydrogens is 510 g/mol. The molecule has 1 aromatic carbocycles. The average molecular weight is 540 g/mol. The van der Waals surface area contributed by atoms with E-state index in [0.29, 0.717) is 40.8 Å². The molecule has 0 bridgehead atoms. The van der Waals surface area contributed by atoms with E-state index in [9.17, 15) is 14.4 Å². The van der Waals surface area contributed by atoms with E-state index in [0.717, 1.165) is 17.5 Å². The first-order chi connectivity index (χ1) is 17.9. The van der Waals surface area contributed by atoms with Crippen molar-refractivity contribution in [2.75, 3.05) is 17.7 Å². The van der Waals surface area contributed by atoms with E-state index in [4.69, 9.17) is 27.9 Å². The third kappa shape index (κ3) is 5.88. The molecule has 1 saturated heterocycles. The molecule has 0 saturated carbocycles. The molecule has 0 aliphatic carbocycles. The van der Waals surface area contributed by atoms with Crippen LogP contribution in [-0.4, -0.2) is 49.6 Å². The number of carbonyl (C=O) groups excluding carboxylic acids is 3. The van der Waals surface area contributed by atoms with Crippen LogP contribution in [0.25, 0.3) is 11.3 Å². The van der Waals surface area contributed by atoms with E-state index in [1.165, 1.54) is 12.3 Å². The molecule has 0 radical (unpaired) electrons. The lowest BCUT2D eigenvalue weighted by atomic mass is 10.0. The summed E-state index contributed by atoms with van der Waals surface area (Å²) in [4.78, 5) is 48.3. The summed E-state index contributed by atoms with van der Waals surface area (Å²) in [7, 11) is 0. The zero-order valence-corrected chi connectivity index (χ0v) is 22.2. The second kappa shape index (κ2) is 10.7. The number of hydrogen-bond acceptors (Lipinski definition) is 7. The highest BCUT2D eigenvalue weighted by Gasteiger charge is 2.36. The summed E-state index contributed by atoms with van der Waals surface area (Å²) in [5.74, 6) is 5.82. The summed E-state index contributed by atoms with van der Waals surface area (Å²) in [6, 6.07) is 9.11. The zero-order chi connectivity index (χ0) is 27.6. The lowest BCUT2D eigenvalue weighted by Gasteiger charge is -2.36. The number of rotatable bonds is 5. The van der Waals surface area contributed by atoms with E-state index >= 15 is 0 Å². The first-order valence-electron chi connectivity index (χ1n) is 12.1. The number of halogens is 1. The van der Waals surface area contributed by atoms with Crippen LogP contribution in [0.2, 0.25) is 5.02 Å². The average Bonchev–Trinajstić information content (AvgIpc) is 3.20. The molecule has 1 atom stereocenters. The largest absolute Gasteiger partial charge is 0.444 e. The van der Waals surface area contributed by atoms with Gasteiger partial charge in [-0.25, -0.2) is 19.4 Å². The fraction of sp³-hybridized carbons (Fsp3) is 0.346. The molecule has 3 heterocycles. The first kappa shape index (κ1) is 26.9. The van der Waals surface area contributed by atoms with Gasteiger partial charge in [0, 0.05) is 28.9 Å². The molecule has 12 heteroatoms. The highest BCUT2D eigenvalue weighted by Crippen LogP contribution is 2.34. The predicted molar refractivity (Wildman–Crippen MR) is 143 cm³/mol. The Morgan fingerprint density at radius 1 is 1.13 bits per heavy atom. The SMILES string of the molecule is CC(C)(C)OC(=O)N1CCCC[C@H]1c1nc(-c2ccc(C(=O)Nc3cc(Cl)ccn3)cc2)c(C(N)=O)n1N. The van der Waals surface area contributed by atoms with Gasteiger partial charge >= 0.3 is 6.09 Å². The molecule has 1 aliphatic heterocycles. The number of nitrogens with zero attached hydrogens (tertiary/aromatic N) is 4. The van der Waals surface area contributed by atoms with E-state index in [1.54, 1.807) is 56.0 Å². The number of piperidine rings is 1. The number of ether oxygens (including phenoxy) is 1. The first-order valence-corrected chi connectivity index (χ1v) is 12.5. The van der Waals surface area contributed by atoms with Gasteiger partial charge in [0.2, 0.25) is 0 Å². The fourth-order valence-electron chi connectivity index (χ4n) is 4.30. The molecule has 0 spiro atoms. The van der Waals surface area contributed by atoms with Crippen LogP contribution in [0.3, 0.4) is 0 Å². The van der Waals surface area contributed by atoms with Crippen molar-refractivity contribution >= 4 is 35.3 Å². The standard InChI is InChI=1S/C26H30ClN7O4/c1-26(2,3)38-25(37)33-13-5-4-6-18(33)23-32-20(21(22(28)35)34(23)29)15-7-9-16(10-8-15)24(36)31-19-14-17(27)11-12-30-19/h7-12,14,18H,4-6,13,29H2,1-3H3,(H2,28,35)(H,30,31,36)/t18-/m0/s1. The Labute approximate surface area is 225 Å². The number of nitrogens with one attached hydrogen (secondary N) is 1. The maximum Gasteiger partial charge on any atom is 0.410 e. The van der Waals surface area contributed by atoms with Gasteiger partial charge in [0.15, 0.2) is 11.5 Å². The summed E-state index contributed by atoms with van der Waals surface area (Å²) < 4.78 is 6.74. The number of pyridine rings is 1. The molecule has 4 rings (SSSR count). The highest BCUT2D eigenvalue weighted by molar-refractivity contribution is 6.30. The third-order valence-corrected chi connectivity index (χ3v) is 6.22. The third-order valence-electron chi connectivity index (χ3n) is 5.98. The van der Waals surface area contributed by atoms with Crippen LogP contribution in [0.5, 0.6) is 0 Å². The lowest BCUT2D eigenvalue weighted by molar-refractivity contribution is 0.00821. The molecule has 3 aromatic rings. The maximum atomic E-state index is 12.9. The van der Waals surface area contributed by atoms with Crippen LogP contribution >= 0.6 is 11.6 Å². The van der Waals surface area contributed by atoms with Crippen LogP contribution in [0.4, 0.5) is 10.6 Å². The number of imidazole rings is 1. The van der Waals surface area contributed by atoms with Gasteiger partial charge in [-0.05, 0) is 64.3 Å². The van der Waals surface area contributed by atoms with E-state index in [2.05, 4.69) is 15.3 Å². The molecule has 3 amide bonds. The lowest BCUT2D eigenvalue weighted by Crippen LogP contribution is -2.43. The molecule has 38 heavy (non-hydrogen) atoms. The van der Waals surface area contributed by atoms with Gasteiger partial charge in [0.05, 0.1) is 6.04 Å². The summed E-state index contributed by atoms with van der Waals surface area (Å²) in [6.45, 7) is 5.87. The van der Waals surface area contributed by atoms with Gasteiger partial charge < -0.3 is 21.6 Å². The number of carbonyl (C=O) groups is 3. The number of anilines is 1. The van der Waals surface area contributed by atoms with Crippen molar-refractivity contribution in [2.45, 2.75) is 51.7 Å². The number of likely N-dealkylation sites (tertiary alicyclic amines) is 1. The van der Waals surface area contributed by atoms with Crippen molar-refractivity contribution < 1.29 is 19.1 Å². The number of nitrogen functional groups attached to an aromatic ring is 1. The Balaban J connectivity index is 1.64. The van der Waals surface area contributed by atoms with Crippen LogP contribution in [-0.2, 0) is 4.74 Å². The molecule has 5 N–H and O–H groups in total. The van der Waals surface area contributed by atoms with Crippen molar-refractivity contribution in [3.8, 4) is 11.3 Å². The molecule has 200 valence electrons. The smallest absolute Gasteiger partial charge is 0.410 e. The van der Waals surface area contributed by atoms with Crippen molar-refractivity contribution in [2.24, 2.45) is 5.73 Å². The zero-order valence-electron chi connectivity index (χ0n) is 21.4. The van der Waals surface area contributed by atoms with Crippen molar-refractivity contribution in [1.82, 2.24) is 19.5 Å². The summed E-state index contributed by atoms with van der Waals surface area (Å²) >= 11 is 5.95. The second-order valence-corrected chi connectivity index (χ2v) is 10.4. The van der Waals surface area contributed by atoms with E-state index in [1.807, 2.05) is 0 Å². The van der Waals surface area contributed by atoms with Gasteiger partial charge in [0.1, 0.15) is 17.1 Å². The van der Waals surface area contributed by atoms with Crippen LogP contribution in [0, 0.1) is 0 Å². The molecule has 2 aromatic heterocycles. The van der Waals surface area contributed by atoms with Gasteiger partial charge in [-0.15, -0.1) is 0 Å². The molecule has 11 nitrogen and oxygen atoms in total. The fourth-order valence-corrected chi connectivity index (χ4v) is 4.46. The Morgan fingerprint density at radius 2 is 1.84 bits per heavy atom. The number of benzene rings is 1. The van der Waals surface area contributed by atoms with Crippen molar-refractivity contribution in [3.05, 3.63) is 64.7 Å².